The highest BCUT2D eigenvalue weighted by Crippen LogP contribution is 2.46. The summed E-state index contributed by atoms with van der Waals surface area (Å²) in [5.41, 5.74) is 4.77. The quantitative estimate of drug-likeness (QED) is 0.469. The van der Waals surface area contributed by atoms with Crippen LogP contribution in [0, 0.1) is 11.3 Å². The highest BCUT2D eigenvalue weighted by atomic mass is 35.5. The molecule has 2 amide bonds. The van der Waals surface area contributed by atoms with Crippen LogP contribution in [0.1, 0.15) is 46.6 Å². The molecule has 1 aromatic rings. The van der Waals surface area contributed by atoms with Gasteiger partial charge in [0.25, 0.3) is 0 Å². The van der Waals surface area contributed by atoms with E-state index in [-0.39, 0.29) is 17.7 Å². The predicted octanol–water partition coefficient (Wildman–Crippen LogP) is 2.91. The molecule has 5 N–H and O–H groups in total. The summed E-state index contributed by atoms with van der Waals surface area (Å²) in [4.78, 5) is 35.8. The summed E-state index contributed by atoms with van der Waals surface area (Å²) in [6.45, 7) is 10.1. The van der Waals surface area contributed by atoms with Gasteiger partial charge in [0.1, 0.15) is 6.04 Å². The predicted molar refractivity (Wildman–Crippen MR) is 124 cm³/mol. The smallest absolute Gasteiger partial charge is 0.475 e. The fraction of sp³-hybridized carbons (Fsp3) is 0.609. The second-order valence-electron chi connectivity index (χ2n) is 9.58. The van der Waals surface area contributed by atoms with Crippen molar-refractivity contribution in [2.75, 3.05) is 13.1 Å². The molecule has 2 rings (SSSR count). The molecule has 0 aliphatic carbocycles. The molecule has 198 valence electrons. The van der Waals surface area contributed by atoms with E-state index >= 15 is 0 Å². The van der Waals surface area contributed by atoms with Gasteiger partial charge in [-0.25, -0.2) is 4.79 Å². The van der Waals surface area contributed by atoms with E-state index in [2.05, 4.69) is 5.32 Å². The normalized spacial score (nSPS) is 21.4. The van der Waals surface area contributed by atoms with Gasteiger partial charge < -0.3 is 26.2 Å². The van der Waals surface area contributed by atoms with Crippen LogP contribution in [0.2, 0.25) is 5.02 Å². The first-order chi connectivity index (χ1) is 15.8. The molecular formula is C23H33ClF3N3O5. The molecule has 12 heteroatoms. The van der Waals surface area contributed by atoms with Gasteiger partial charge in [-0.2, -0.15) is 13.2 Å². The number of carbonyl (C=O) groups is 3. The van der Waals surface area contributed by atoms with Gasteiger partial charge in [0.15, 0.2) is 0 Å². The first-order valence-electron chi connectivity index (χ1n) is 11.0. The summed E-state index contributed by atoms with van der Waals surface area (Å²) in [5.74, 6) is -3.32. The zero-order valence-electron chi connectivity index (χ0n) is 20.3. The first kappa shape index (κ1) is 30.7. The van der Waals surface area contributed by atoms with Gasteiger partial charge in [0.05, 0.1) is 11.6 Å². The number of likely N-dealkylation sites (tertiary alicyclic amines) is 1. The summed E-state index contributed by atoms with van der Waals surface area (Å²) in [7, 11) is 0. The molecule has 1 saturated heterocycles. The maximum absolute atomic E-state index is 13.1. The molecule has 1 aliphatic heterocycles. The third kappa shape index (κ3) is 7.81. The summed E-state index contributed by atoms with van der Waals surface area (Å²) < 4.78 is 31.7. The number of carbonyl (C=O) groups excluding carboxylic acids is 2. The summed E-state index contributed by atoms with van der Waals surface area (Å²) in [5, 5.41) is 22.0. The number of benzene rings is 1. The number of amides is 2. The lowest BCUT2D eigenvalue weighted by Crippen LogP contribution is -2.61. The van der Waals surface area contributed by atoms with Crippen LogP contribution in [0.4, 0.5) is 13.2 Å². The minimum atomic E-state index is -5.08. The van der Waals surface area contributed by atoms with Crippen LogP contribution in [0.3, 0.4) is 0 Å². The SMILES string of the molecule is CC(N)C(=O)NC(C(=O)N1CCC(O)(c2ccc(Cl)cc2)C(C)(C)C1)C(C)C.O=C(O)C(F)(F)F. The number of hydrogen-bond donors (Lipinski definition) is 4. The van der Waals surface area contributed by atoms with E-state index in [9.17, 15) is 27.9 Å². The Labute approximate surface area is 207 Å². The van der Waals surface area contributed by atoms with Crippen molar-refractivity contribution in [3.05, 3.63) is 34.9 Å². The number of aliphatic carboxylic acids is 1. The Morgan fingerprint density at radius 2 is 1.63 bits per heavy atom. The number of piperidine rings is 1. The van der Waals surface area contributed by atoms with Crippen LogP contribution in [0.5, 0.6) is 0 Å². The van der Waals surface area contributed by atoms with Gasteiger partial charge in [-0.3, -0.25) is 9.59 Å². The molecule has 35 heavy (non-hydrogen) atoms. The average Bonchev–Trinajstić information content (AvgIpc) is 2.73. The van der Waals surface area contributed by atoms with Crippen LogP contribution in [0.15, 0.2) is 24.3 Å². The number of rotatable bonds is 5. The summed E-state index contributed by atoms with van der Waals surface area (Å²) >= 11 is 5.98. The van der Waals surface area contributed by atoms with Crippen molar-refractivity contribution in [1.29, 1.82) is 0 Å². The number of hydrogen-bond acceptors (Lipinski definition) is 5. The second-order valence-corrected chi connectivity index (χ2v) is 10.0. The minimum Gasteiger partial charge on any atom is -0.475 e. The van der Waals surface area contributed by atoms with E-state index in [1.165, 1.54) is 0 Å². The van der Waals surface area contributed by atoms with Crippen LogP contribution < -0.4 is 11.1 Å². The van der Waals surface area contributed by atoms with Gasteiger partial charge >= 0.3 is 12.1 Å². The summed E-state index contributed by atoms with van der Waals surface area (Å²) in [6, 6.07) is 5.88. The maximum Gasteiger partial charge on any atom is 0.490 e. The number of halogens is 4. The monoisotopic (exact) mass is 523 g/mol. The molecule has 1 fully saturated rings. The molecule has 0 radical (unpaired) electrons. The molecule has 0 spiro atoms. The average molecular weight is 524 g/mol. The minimum absolute atomic E-state index is 0.0737. The molecule has 1 aromatic carbocycles. The van der Waals surface area contributed by atoms with Crippen molar-refractivity contribution in [3.8, 4) is 0 Å². The number of alkyl halides is 3. The molecule has 0 saturated carbocycles. The van der Waals surface area contributed by atoms with Crippen molar-refractivity contribution >= 4 is 29.4 Å². The van der Waals surface area contributed by atoms with E-state index in [1.54, 1.807) is 24.0 Å². The molecule has 1 heterocycles. The highest BCUT2D eigenvalue weighted by Gasteiger charge is 2.50. The van der Waals surface area contributed by atoms with Crippen LogP contribution in [0.25, 0.3) is 0 Å². The maximum atomic E-state index is 13.1. The second kappa shape index (κ2) is 11.6. The van der Waals surface area contributed by atoms with Gasteiger partial charge in [-0.1, -0.05) is 51.4 Å². The van der Waals surface area contributed by atoms with Crippen molar-refractivity contribution in [2.24, 2.45) is 17.1 Å². The molecule has 3 unspecified atom stereocenters. The Morgan fingerprint density at radius 3 is 2.00 bits per heavy atom. The van der Waals surface area contributed by atoms with Crippen molar-refractivity contribution in [2.45, 2.75) is 64.9 Å². The number of carboxylic acid groups (broad SMARTS) is 1. The Morgan fingerprint density at radius 1 is 1.14 bits per heavy atom. The fourth-order valence-corrected chi connectivity index (χ4v) is 3.89. The number of nitrogens with two attached hydrogens (primary N) is 1. The third-order valence-corrected chi connectivity index (χ3v) is 6.22. The Kier molecular flexibility index (Phi) is 10.1. The molecule has 8 nitrogen and oxygen atoms in total. The van der Waals surface area contributed by atoms with Gasteiger partial charge in [0.2, 0.25) is 11.8 Å². The van der Waals surface area contributed by atoms with Gasteiger partial charge in [-0.05, 0) is 37.0 Å². The van der Waals surface area contributed by atoms with E-state index in [0.29, 0.717) is 24.5 Å². The number of nitrogens with one attached hydrogen (secondary N) is 1. The summed E-state index contributed by atoms with van der Waals surface area (Å²) in [6.07, 6.45) is -4.68. The van der Waals surface area contributed by atoms with Crippen LogP contribution in [-0.2, 0) is 20.0 Å². The molecule has 1 aliphatic rings. The lowest BCUT2D eigenvalue weighted by atomic mass is 9.66. The molecule has 0 aromatic heterocycles. The molecule has 3 atom stereocenters. The van der Waals surface area contributed by atoms with Crippen molar-refractivity contribution in [1.82, 2.24) is 10.2 Å². The zero-order chi connectivity index (χ0) is 27.4. The van der Waals surface area contributed by atoms with Crippen LogP contribution >= 0.6 is 11.6 Å². The van der Waals surface area contributed by atoms with Crippen molar-refractivity contribution in [3.63, 3.8) is 0 Å². The largest absolute Gasteiger partial charge is 0.490 e. The topological polar surface area (TPSA) is 133 Å². The van der Waals surface area contributed by atoms with E-state index in [0.717, 1.165) is 5.56 Å². The third-order valence-electron chi connectivity index (χ3n) is 5.97. The lowest BCUT2D eigenvalue weighted by molar-refractivity contribution is -0.192. The fourth-order valence-electron chi connectivity index (χ4n) is 3.77. The first-order valence-corrected chi connectivity index (χ1v) is 11.3. The lowest BCUT2D eigenvalue weighted by Gasteiger charge is -2.51. The molecule has 0 bridgehead atoms. The number of carboxylic acids is 1. The Hall–Kier alpha value is -2.37. The zero-order valence-corrected chi connectivity index (χ0v) is 21.1. The van der Waals surface area contributed by atoms with Crippen LogP contribution in [-0.4, -0.2) is 64.2 Å². The van der Waals surface area contributed by atoms with E-state index in [4.69, 9.17) is 27.2 Å². The van der Waals surface area contributed by atoms with Gasteiger partial charge in [0, 0.05) is 23.5 Å². The van der Waals surface area contributed by atoms with E-state index in [1.807, 2.05) is 39.8 Å². The standard InChI is InChI=1S/C21H32ClN3O3.C2HF3O2/c1-13(2)17(24-18(26)14(3)23)19(27)25-11-10-21(28,20(4,5)12-25)15-6-8-16(22)9-7-15;3-2(4,5)1(6)7/h6-9,13-14,17,28H,10-12,23H2,1-5H3,(H,24,26);(H,6,7). The van der Waals surface area contributed by atoms with Gasteiger partial charge in [-0.15, -0.1) is 0 Å². The number of aliphatic hydroxyl groups is 1. The highest BCUT2D eigenvalue weighted by molar-refractivity contribution is 6.30. The Bertz CT molecular complexity index is 907. The Balaban J connectivity index is 0.000000762. The van der Waals surface area contributed by atoms with E-state index < -0.39 is 35.2 Å². The molecular weight excluding hydrogens is 491 g/mol. The van der Waals surface area contributed by atoms with Crippen molar-refractivity contribution < 1.29 is 37.8 Å². The number of nitrogens with zero attached hydrogens (tertiary/aromatic N) is 1.